The Bertz CT molecular complexity index is 290. The Hall–Kier alpha value is -1.63. The van der Waals surface area contributed by atoms with Gasteiger partial charge in [0.25, 0.3) is 0 Å². The van der Waals surface area contributed by atoms with Crippen molar-refractivity contribution >= 4 is 0 Å². The minimum Gasteiger partial charge on any atom is -0.479 e. The number of aromatic hydroxyl groups is 1. The molecule has 1 radical (unpaired) electrons. The molecule has 49 valence electrons. The first-order valence-corrected chi connectivity index (χ1v) is 2.59. The van der Waals surface area contributed by atoms with Gasteiger partial charge in [0.2, 0.25) is 0 Å². The third kappa shape index (κ3) is 1.03. The van der Waals surface area contributed by atoms with E-state index >= 15 is 0 Å². The van der Waals surface area contributed by atoms with Crippen LogP contribution in [0, 0.1) is 24.5 Å². The third-order valence-electron chi connectivity index (χ3n) is 1.01. The van der Waals surface area contributed by atoms with E-state index in [1.807, 2.05) is 6.07 Å². The number of hydrogen-bond donors (Lipinski definition) is 1. The molecule has 4 heteroatoms. The number of nitrogens with zero attached hydrogens (tertiary/aromatic N) is 3. The number of hydrogen-bond acceptors (Lipinski definition) is 4. The van der Waals surface area contributed by atoms with Crippen molar-refractivity contribution in [2.75, 3.05) is 0 Å². The third-order valence-corrected chi connectivity index (χ3v) is 1.01. The van der Waals surface area contributed by atoms with Crippen LogP contribution in [0.2, 0.25) is 0 Å². The molecule has 0 unspecified atom stereocenters. The molecule has 0 spiro atoms. The Morgan fingerprint density at radius 2 is 2.40 bits per heavy atom. The molecule has 0 atom stereocenters. The van der Waals surface area contributed by atoms with Gasteiger partial charge >= 0.3 is 6.01 Å². The zero-order valence-corrected chi connectivity index (χ0v) is 5.29. The summed E-state index contributed by atoms with van der Waals surface area (Å²) in [6.45, 7) is 1.61. The normalized spacial score (nSPS) is 8.80. The minimum absolute atomic E-state index is 0.262. The molecule has 0 aromatic carbocycles. The van der Waals surface area contributed by atoms with Gasteiger partial charge in [-0.3, -0.25) is 0 Å². The van der Waals surface area contributed by atoms with Crippen LogP contribution in [0.25, 0.3) is 0 Å². The molecule has 1 heterocycles. The van der Waals surface area contributed by atoms with Crippen molar-refractivity contribution in [3.05, 3.63) is 17.5 Å². The Labute approximate surface area is 57.8 Å². The molecule has 0 saturated carbocycles. The van der Waals surface area contributed by atoms with Gasteiger partial charge in [-0.05, 0) is 6.92 Å². The largest absolute Gasteiger partial charge is 0.479 e. The van der Waals surface area contributed by atoms with Gasteiger partial charge in [-0.2, -0.15) is 15.2 Å². The van der Waals surface area contributed by atoms with Gasteiger partial charge in [0.15, 0.2) is 0 Å². The lowest BCUT2D eigenvalue weighted by atomic mass is 10.3. The van der Waals surface area contributed by atoms with Crippen LogP contribution in [0.1, 0.15) is 11.3 Å². The maximum atomic E-state index is 8.67. The maximum Gasteiger partial charge on any atom is 0.314 e. The first-order chi connectivity index (χ1) is 4.74. The quantitative estimate of drug-likeness (QED) is 0.548. The molecule has 0 amide bonds. The van der Waals surface area contributed by atoms with Crippen LogP contribution in [-0.4, -0.2) is 15.1 Å². The molecule has 0 saturated heterocycles. The highest BCUT2D eigenvalue weighted by Gasteiger charge is 1.99. The van der Waals surface area contributed by atoms with Crippen LogP contribution < -0.4 is 0 Å². The summed E-state index contributed by atoms with van der Waals surface area (Å²) in [4.78, 5) is 6.84. The first kappa shape index (κ1) is 6.49. The Morgan fingerprint density at radius 3 is 2.90 bits per heavy atom. The molecular weight excluding hydrogens is 130 g/mol. The van der Waals surface area contributed by atoms with Gasteiger partial charge in [0.05, 0.1) is 5.69 Å². The molecule has 0 bridgehead atoms. The SMILES string of the molecule is Cc1nc(O)n[c]c1C#N. The lowest BCUT2D eigenvalue weighted by molar-refractivity contribution is 0.428. The molecule has 0 aliphatic rings. The summed E-state index contributed by atoms with van der Waals surface area (Å²) in [5.41, 5.74) is 0.702. The van der Waals surface area contributed by atoms with E-state index in [2.05, 4.69) is 16.2 Å². The molecule has 1 rings (SSSR count). The number of aromatic nitrogens is 2. The van der Waals surface area contributed by atoms with E-state index in [4.69, 9.17) is 10.4 Å². The minimum atomic E-state index is -0.350. The smallest absolute Gasteiger partial charge is 0.314 e. The van der Waals surface area contributed by atoms with E-state index in [9.17, 15) is 0 Å². The van der Waals surface area contributed by atoms with Gasteiger partial charge in [0, 0.05) is 0 Å². The molecular formula is C6H4N3O. The fourth-order valence-corrected chi connectivity index (χ4v) is 0.524. The molecule has 4 nitrogen and oxygen atoms in total. The summed E-state index contributed by atoms with van der Waals surface area (Å²) in [6.07, 6.45) is 2.33. The van der Waals surface area contributed by atoms with Gasteiger partial charge in [-0.15, -0.1) is 0 Å². The average Bonchev–Trinajstić information content (AvgIpc) is 1.88. The van der Waals surface area contributed by atoms with E-state index in [0.29, 0.717) is 5.69 Å². The molecule has 0 aliphatic carbocycles. The van der Waals surface area contributed by atoms with Crippen molar-refractivity contribution in [3.63, 3.8) is 0 Å². The summed E-state index contributed by atoms with van der Waals surface area (Å²) in [5.74, 6) is 0. The van der Waals surface area contributed by atoms with Crippen molar-refractivity contribution < 1.29 is 5.11 Å². The van der Waals surface area contributed by atoms with Crippen LogP contribution in [0.5, 0.6) is 6.01 Å². The Kier molecular flexibility index (Phi) is 1.50. The number of aryl methyl sites for hydroxylation is 1. The molecule has 10 heavy (non-hydrogen) atoms. The highest BCUT2D eigenvalue weighted by molar-refractivity contribution is 5.29. The van der Waals surface area contributed by atoms with Crippen LogP contribution in [-0.2, 0) is 0 Å². The molecule has 1 aromatic rings. The topological polar surface area (TPSA) is 69.8 Å². The Morgan fingerprint density at radius 1 is 1.70 bits per heavy atom. The van der Waals surface area contributed by atoms with Crippen molar-refractivity contribution in [1.82, 2.24) is 9.97 Å². The van der Waals surface area contributed by atoms with Gasteiger partial charge < -0.3 is 5.11 Å². The van der Waals surface area contributed by atoms with E-state index in [1.54, 1.807) is 6.92 Å². The van der Waals surface area contributed by atoms with Crippen molar-refractivity contribution in [2.24, 2.45) is 0 Å². The van der Waals surface area contributed by atoms with Crippen LogP contribution >= 0.6 is 0 Å². The summed E-state index contributed by atoms with van der Waals surface area (Å²) >= 11 is 0. The molecule has 1 N–H and O–H groups in total. The first-order valence-electron chi connectivity index (χ1n) is 2.59. The second-order valence-electron chi connectivity index (χ2n) is 1.71. The van der Waals surface area contributed by atoms with Crippen molar-refractivity contribution in [3.8, 4) is 12.1 Å². The van der Waals surface area contributed by atoms with Crippen LogP contribution in [0.15, 0.2) is 0 Å². The standard InChI is InChI=1S/C6H4N3O/c1-4-5(2-7)3-8-6(10)9-4/h1H3,(H,8,9,10). The lowest BCUT2D eigenvalue weighted by Crippen LogP contribution is -1.89. The summed E-state index contributed by atoms with van der Waals surface area (Å²) < 4.78 is 0. The predicted octanol–water partition coefficient (Wildman–Crippen LogP) is 0.162. The van der Waals surface area contributed by atoms with E-state index in [1.165, 1.54) is 0 Å². The molecule has 0 aliphatic heterocycles. The van der Waals surface area contributed by atoms with Crippen LogP contribution in [0.3, 0.4) is 0 Å². The lowest BCUT2D eigenvalue weighted by Gasteiger charge is -1.92. The average molecular weight is 134 g/mol. The maximum absolute atomic E-state index is 8.67. The predicted molar refractivity (Wildman–Crippen MR) is 32.0 cm³/mol. The fraction of sp³-hybridized carbons (Fsp3) is 0.167. The number of nitriles is 1. The van der Waals surface area contributed by atoms with Crippen molar-refractivity contribution in [2.45, 2.75) is 6.92 Å². The summed E-state index contributed by atoms with van der Waals surface area (Å²) in [5, 5.41) is 17.0. The molecule has 1 aromatic heterocycles. The van der Waals surface area contributed by atoms with Gasteiger partial charge in [-0.25, -0.2) is 0 Å². The zero-order valence-electron chi connectivity index (χ0n) is 5.29. The highest BCUT2D eigenvalue weighted by Crippen LogP contribution is 2.03. The monoisotopic (exact) mass is 134 g/mol. The van der Waals surface area contributed by atoms with Gasteiger partial charge in [0.1, 0.15) is 17.8 Å². The van der Waals surface area contributed by atoms with E-state index in [0.717, 1.165) is 0 Å². The highest BCUT2D eigenvalue weighted by atomic mass is 16.3. The zero-order chi connectivity index (χ0) is 7.56. The summed E-state index contributed by atoms with van der Waals surface area (Å²) in [7, 11) is 0. The Balaban J connectivity index is 3.23. The second kappa shape index (κ2) is 2.31. The van der Waals surface area contributed by atoms with Crippen molar-refractivity contribution in [1.29, 1.82) is 5.26 Å². The van der Waals surface area contributed by atoms with Gasteiger partial charge in [-0.1, -0.05) is 0 Å². The fourth-order valence-electron chi connectivity index (χ4n) is 0.524. The molecule has 0 fully saturated rings. The van der Waals surface area contributed by atoms with Crippen LogP contribution in [0.4, 0.5) is 0 Å². The second-order valence-corrected chi connectivity index (χ2v) is 1.71. The van der Waals surface area contributed by atoms with E-state index < -0.39 is 0 Å². The number of rotatable bonds is 0. The summed E-state index contributed by atoms with van der Waals surface area (Å²) in [6, 6.07) is 1.48. The van der Waals surface area contributed by atoms with E-state index in [-0.39, 0.29) is 11.6 Å².